The molecule has 0 radical (unpaired) electrons. The van der Waals surface area contributed by atoms with Gasteiger partial charge in [-0.3, -0.25) is 0 Å². The van der Waals surface area contributed by atoms with Gasteiger partial charge in [0.2, 0.25) is 5.95 Å². The minimum absolute atomic E-state index is 0.376. The van der Waals surface area contributed by atoms with Crippen LogP contribution in [0.15, 0.2) is 54.6 Å². The predicted molar refractivity (Wildman–Crippen MR) is 88.5 cm³/mol. The second-order valence-electron chi connectivity index (χ2n) is 5.47. The Morgan fingerprint density at radius 1 is 1.09 bits per heavy atom. The molecule has 0 aliphatic rings. The molecule has 6 nitrogen and oxygen atoms in total. The maximum absolute atomic E-state index is 10.2. The molecule has 118 valence electrons. The molecule has 2 N–H and O–H groups in total. The number of benzene rings is 2. The lowest BCUT2D eigenvalue weighted by Crippen LogP contribution is -2.23. The summed E-state index contributed by atoms with van der Waals surface area (Å²) in [5.41, 5.74) is 3.15. The average molecular weight is 309 g/mol. The summed E-state index contributed by atoms with van der Waals surface area (Å²) in [7, 11) is 0. The van der Waals surface area contributed by atoms with E-state index in [1.165, 1.54) is 5.56 Å². The summed E-state index contributed by atoms with van der Waals surface area (Å²) in [6.45, 7) is 2.41. The van der Waals surface area contributed by atoms with Crippen molar-refractivity contribution < 1.29 is 5.11 Å². The number of anilines is 1. The van der Waals surface area contributed by atoms with E-state index in [0.29, 0.717) is 18.9 Å². The van der Waals surface area contributed by atoms with Crippen molar-refractivity contribution in [2.45, 2.75) is 19.4 Å². The van der Waals surface area contributed by atoms with Gasteiger partial charge in [-0.2, -0.15) is 4.68 Å². The van der Waals surface area contributed by atoms with Gasteiger partial charge in [0.05, 0.1) is 11.8 Å². The normalized spacial score (nSPS) is 12.1. The Morgan fingerprint density at radius 2 is 1.83 bits per heavy atom. The van der Waals surface area contributed by atoms with Gasteiger partial charge < -0.3 is 10.4 Å². The van der Waals surface area contributed by atoms with Crippen LogP contribution in [-0.4, -0.2) is 38.0 Å². The van der Waals surface area contributed by atoms with Gasteiger partial charge in [0, 0.05) is 13.0 Å². The number of hydrogen-bond donors (Lipinski definition) is 2. The zero-order chi connectivity index (χ0) is 16.1. The molecular weight excluding hydrogens is 290 g/mol. The van der Waals surface area contributed by atoms with E-state index in [2.05, 4.69) is 20.8 Å². The molecule has 0 saturated carbocycles. The molecule has 1 atom stereocenters. The lowest BCUT2D eigenvalue weighted by atomic mass is 10.1. The molecule has 0 amide bonds. The highest BCUT2D eigenvalue weighted by Crippen LogP contribution is 2.12. The monoisotopic (exact) mass is 309 g/mol. The van der Waals surface area contributed by atoms with Crippen LogP contribution in [0.1, 0.15) is 11.1 Å². The van der Waals surface area contributed by atoms with Crippen LogP contribution in [0.3, 0.4) is 0 Å². The Kier molecular flexibility index (Phi) is 4.63. The molecule has 0 aliphatic heterocycles. The lowest BCUT2D eigenvalue weighted by Gasteiger charge is -2.12. The molecule has 1 aromatic heterocycles. The molecule has 0 spiro atoms. The second-order valence-corrected chi connectivity index (χ2v) is 5.47. The number of rotatable bonds is 6. The quantitative estimate of drug-likeness (QED) is 0.728. The molecule has 23 heavy (non-hydrogen) atoms. The Labute approximate surface area is 134 Å². The largest absolute Gasteiger partial charge is 0.391 e. The van der Waals surface area contributed by atoms with Gasteiger partial charge in [0.1, 0.15) is 0 Å². The molecule has 0 unspecified atom stereocenters. The Hall–Kier alpha value is -2.73. The van der Waals surface area contributed by atoms with Crippen LogP contribution in [0, 0.1) is 6.92 Å². The summed E-state index contributed by atoms with van der Waals surface area (Å²) in [5.74, 6) is 0.515. The molecule has 3 rings (SSSR count). The number of hydrogen-bond acceptors (Lipinski definition) is 5. The van der Waals surface area contributed by atoms with Crippen LogP contribution in [0.5, 0.6) is 0 Å². The van der Waals surface area contributed by atoms with E-state index in [4.69, 9.17) is 0 Å². The fourth-order valence-corrected chi connectivity index (χ4v) is 2.32. The van der Waals surface area contributed by atoms with E-state index < -0.39 is 6.10 Å². The summed E-state index contributed by atoms with van der Waals surface area (Å²) in [4.78, 5) is 0. The molecule has 0 fully saturated rings. The van der Waals surface area contributed by atoms with Crippen molar-refractivity contribution in [3.05, 3.63) is 65.7 Å². The van der Waals surface area contributed by atoms with Crippen molar-refractivity contribution >= 4 is 5.95 Å². The highest BCUT2D eigenvalue weighted by atomic mass is 16.3. The topological polar surface area (TPSA) is 75.9 Å². The van der Waals surface area contributed by atoms with Gasteiger partial charge in [-0.1, -0.05) is 53.1 Å². The van der Waals surface area contributed by atoms with E-state index >= 15 is 0 Å². The van der Waals surface area contributed by atoms with Gasteiger partial charge in [0.25, 0.3) is 0 Å². The Balaban J connectivity index is 1.63. The number of nitrogens with one attached hydrogen (secondary N) is 1. The van der Waals surface area contributed by atoms with Crippen molar-refractivity contribution in [2.75, 3.05) is 11.9 Å². The van der Waals surface area contributed by atoms with Gasteiger partial charge in [0.15, 0.2) is 0 Å². The van der Waals surface area contributed by atoms with Crippen molar-refractivity contribution in [2.24, 2.45) is 0 Å². The van der Waals surface area contributed by atoms with Crippen molar-refractivity contribution in [3.8, 4) is 5.69 Å². The number of aliphatic hydroxyl groups excluding tert-OH is 1. The highest BCUT2D eigenvalue weighted by molar-refractivity contribution is 5.40. The van der Waals surface area contributed by atoms with Crippen LogP contribution in [0.4, 0.5) is 5.95 Å². The van der Waals surface area contributed by atoms with Crippen molar-refractivity contribution in [1.29, 1.82) is 0 Å². The first-order chi connectivity index (χ1) is 11.2. The SMILES string of the molecule is Cc1ccc(-n2nnnc2NC[C@@H](O)Cc2ccccc2)cc1. The number of nitrogens with zero attached hydrogens (tertiary/aromatic N) is 4. The zero-order valence-electron chi connectivity index (χ0n) is 12.9. The first-order valence-corrected chi connectivity index (χ1v) is 7.53. The third-order valence-corrected chi connectivity index (χ3v) is 3.56. The number of tetrazole rings is 1. The van der Waals surface area contributed by atoms with E-state index in [9.17, 15) is 5.11 Å². The maximum Gasteiger partial charge on any atom is 0.247 e. The molecule has 0 saturated heterocycles. The molecular formula is C17H19N5O. The summed E-state index contributed by atoms with van der Waals surface area (Å²) in [6.07, 6.45) is 0.0699. The van der Waals surface area contributed by atoms with Crippen LogP contribution in [-0.2, 0) is 6.42 Å². The van der Waals surface area contributed by atoms with Gasteiger partial charge in [-0.15, -0.1) is 0 Å². The van der Waals surface area contributed by atoms with Crippen LogP contribution >= 0.6 is 0 Å². The predicted octanol–water partition coefficient (Wildman–Crippen LogP) is 1.99. The van der Waals surface area contributed by atoms with E-state index in [0.717, 1.165) is 11.3 Å². The molecule has 3 aromatic rings. The summed E-state index contributed by atoms with van der Waals surface area (Å²) in [5, 5.41) is 24.9. The van der Waals surface area contributed by atoms with E-state index in [1.807, 2.05) is 61.5 Å². The number of aromatic nitrogens is 4. The Morgan fingerprint density at radius 3 is 2.57 bits per heavy atom. The van der Waals surface area contributed by atoms with Gasteiger partial charge in [-0.05, 0) is 35.0 Å². The smallest absolute Gasteiger partial charge is 0.247 e. The Bertz CT molecular complexity index is 739. The van der Waals surface area contributed by atoms with Crippen LogP contribution in [0.2, 0.25) is 0 Å². The molecule has 0 aliphatic carbocycles. The third kappa shape index (κ3) is 3.92. The zero-order valence-corrected chi connectivity index (χ0v) is 12.9. The van der Waals surface area contributed by atoms with Gasteiger partial charge in [-0.25, -0.2) is 0 Å². The van der Waals surface area contributed by atoms with Crippen LogP contribution < -0.4 is 5.32 Å². The number of aliphatic hydroxyl groups is 1. The second kappa shape index (κ2) is 7.02. The first-order valence-electron chi connectivity index (χ1n) is 7.53. The van der Waals surface area contributed by atoms with E-state index in [-0.39, 0.29) is 0 Å². The molecule has 6 heteroatoms. The van der Waals surface area contributed by atoms with Crippen LogP contribution in [0.25, 0.3) is 5.69 Å². The summed E-state index contributed by atoms with van der Waals surface area (Å²) in [6, 6.07) is 17.8. The fraction of sp³-hybridized carbons (Fsp3) is 0.235. The minimum Gasteiger partial charge on any atom is -0.391 e. The number of aryl methyl sites for hydroxylation is 1. The van der Waals surface area contributed by atoms with Crippen molar-refractivity contribution in [3.63, 3.8) is 0 Å². The average Bonchev–Trinajstić information content (AvgIpc) is 3.03. The molecule has 1 heterocycles. The molecule has 0 bridgehead atoms. The summed E-state index contributed by atoms with van der Waals surface area (Å²) < 4.78 is 1.62. The molecule has 2 aromatic carbocycles. The minimum atomic E-state index is -0.513. The third-order valence-electron chi connectivity index (χ3n) is 3.56. The van der Waals surface area contributed by atoms with E-state index in [1.54, 1.807) is 4.68 Å². The lowest BCUT2D eigenvalue weighted by molar-refractivity contribution is 0.188. The standard InChI is InChI=1S/C17H19N5O/c1-13-7-9-15(10-8-13)22-17(19-20-21-22)18-12-16(23)11-14-5-3-2-4-6-14/h2-10,16,23H,11-12H2,1H3,(H,18,19,21)/t16-/m0/s1. The highest BCUT2D eigenvalue weighted by Gasteiger charge is 2.11. The maximum atomic E-state index is 10.2. The van der Waals surface area contributed by atoms with Crippen molar-refractivity contribution in [1.82, 2.24) is 20.2 Å². The fourth-order valence-electron chi connectivity index (χ4n) is 2.32. The first kappa shape index (κ1) is 15.2. The van der Waals surface area contributed by atoms with Gasteiger partial charge >= 0.3 is 0 Å². The summed E-state index contributed by atoms with van der Waals surface area (Å²) >= 11 is 0.